The Morgan fingerprint density at radius 2 is 1.63 bits per heavy atom. The fourth-order valence-electron chi connectivity index (χ4n) is 4.96. The van der Waals surface area contributed by atoms with E-state index in [1.54, 1.807) is 6.92 Å². The van der Waals surface area contributed by atoms with E-state index in [2.05, 4.69) is 50.0 Å². The van der Waals surface area contributed by atoms with E-state index in [0.29, 0.717) is 12.0 Å². The van der Waals surface area contributed by atoms with Crippen molar-refractivity contribution in [1.29, 1.82) is 0 Å². The summed E-state index contributed by atoms with van der Waals surface area (Å²) in [6, 6.07) is 20.6. The van der Waals surface area contributed by atoms with Gasteiger partial charge in [0.05, 0.1) is 12.7 Å². The predicted molar refractivity (Wildman–Crippen MR) is 137 cm³/mol. The number of H-pyrrole nitrogens is 1. The van der Waals surface area contributed by atoms with Gasteiger partial charge in [0.1, 0.15) is 12.3 Å². The molecule has 186 valence electrons. The second-order valence-corrected chi connectivity index (χ2v) is 14.2. The lowest BCUT2D eigenvalue weighted by Gasteiger charge is -2.45. The lowest BCUT2D eigenvalue weighted by atomic mass is 10.2. The molecule has 0 spiro atoms. The summed E-state index contributed by atoms with van der Waals surface area (Å²) >= 11 is 0. The first-order chi connectivity index (χ1) is 16.7. The number of hydrogen-bond donors (Lipinski definition) is 2. The van der Waals surface area contributed by atoms with Gasteiger partial charge in [0, 0.05) is 18.2 Å². The SMILES string of the molecule is Cc1cn([C@H]2CC(O[Si](c3ccccc3)(c3ccccc3)C(C)(C)C)[C@@H](CON)O2)c(=O)[nH]c1=O. The van der Waals surface area contributed by atoms with Crippen molar-refractivity contribution in [2.45, 2.75) is 57.6 Å². The number of aryl methyl sites for hydroxylation is 1. The van der Waals surface area contributed by atoms with Gasteiger partial charge in [0.15, 0.2) is 0 Å². The topological polar surface area (TPSA) is 109 Å². The van der Waals surface area contributed by atoms with Gasteiger partial charge in [-0.05, 0) is 22.3 Å². The number of nitrogens with two attached hydrogens (primary N) is 1. The minimum atomic E-state index is -2.87. The zero-order chi connectivity index (χ0) is 25.2. The van der Waals surface area contributed by atoms with Crippen LogP contribution in [0.2, 0.25) is 5.04 Å². The summed E-state index contributed by atoms with van der Waals surface area (Å²) in [4.78, 5) is 31.8. The molecule has 1 unspecified atom stereocenters. The maximum atomic E-state index is 12.6. The first-order valence-electron chi connectivity index (χ1n) is 11.8. The van der Waals surface area contributed by atoms with Gasteiger partial charge in [-0.15, -0.1) is 0 Å². The van der Waals surface area contributed by atoms with Gasteiger partial charge in [-0.2, -0.15) is 0 Å². The summed E-state index contributed by atoms with van der Waals surface area (Å²) in [5.74, 6) is 5.46. The number of hydrogen-bond acceptors (Lipinski definition) is 6. The van der Waals surface area contributed by atoms with Gasteiger partial charge in [-0.25, -0.2) is 10.7 Å². The highest BCUT2D eigenvalue weighted by molar-refractivity contribution is 6.99. The van der Waals surface area contributed by atoms with Crippen LogP contribution in [0.25, 0.3) is 0 Å². The summed E-state index contributed by atoms with van der Waals surface area (Å²) in [5, 5.41) is 2.06. The van der Waals surface area contributed by atoms with Crippen LogP contribution in [0, 0.1) is 6.92 Å². The van der Waals surface area contributed by atoms with Crippen molar-refractivity contribution in [1.82, 2.24) is 9.55 Å². The van der Waals surface area contributed by atoms with Crippen molar-refractivity contribution in [3.05, 3.63) is 93.3 Å². The Morgan fingerprint density at radius 3 is 2.14 bits per heavy atom. The standard InChI is InChI=1S/C26H33N3O5Si/c1-18-16-29(25(31)28-24(18)30)23-15-21(22(33-23)17-32-27)34-35(26(2,3)4,19-11-7-5-8-12-19)20-13-9-6-10-14-20/h5-14,16,21-23H,15,17,27H2,1-4H3,(H,28,30,31)/t21?,22-,23-/m1/s1. The minimum Gasteiger partial charge on any atom is -0.402 e. The first-order valence-corrected chi connectivity index (χ1v) is 13.7. The molecule has 2 heterocycles. The van der Waals surface area contributed by atoms with Crippen molar-refractivity contribution < 1.29 is 14.0 Å². The average molecular weight is 496 g/mol. The number of aromatic amines is 1. The van der Waals surface area contributed by atoms with Crippen LogP contribution in [0.4, 0.5) is 0 Å². The van der Waals surface area contributed by atoms with E-state index in [9.17, 15) is 9.59 Å². The molecule has 3 aromatic rings. The second kappa shape index (κ2) is 10.0. The maximum Gasteiger partial charge on any atom is 0.330 e. The maximum absolute atomic E-state index is 12.6. The number of aromatic nitrogens is 2. The van der Waals surface area contributed by atoms with Gasteiger partial charge < -0.3 is 14.0 Å². The third-order valence-electron chi connectivity index (χ3n) is 6.64. The summed E-state index contributed by atoms with van der Waals surface area (Å²) in [6.45, 7) is 8.38. The lowest BCUT2D eigenvalue weighted by Crippen LogP contribution is -2.68. The van der Waals surface area contributed by atoms with Crippen LogP contribution in [-0.4, -0.2) is 36.7 Å². The number of ether oxygens (including phenoxy) is 1. The normalized spacial score (nSPS) is 20.8. The van der Waals surface area contributed by atoms with Crippen molar-refractivity contribution in [2.24, 2.45) is 5.90 Å². The Bertz CT molecular complexity index is 1210. The van der Waals surface area contributed by atoms with Crippen LogP contribution < -0.4 is 27.5 Å². The summed E-state index contributed by atoms with van der Waals surface area (Å²) < 4.78 is 14.9. The van der Waals surface area contributed by atoms with Crippen LogP contribution in [0.5, 0.6) is 0 Å². The van der Waals surface area contributed by atoms with Crippen molar-refractivity contribution >= 4 is 18.7 Å². The molecule has 0 radical (unpaired) electrons. The fourth-order valence-corrected chi connectivity index (χ4v) is 9.68. The Morgan fingerprint density at radius 1 is 1.06 bits per heavy atom. The van der Waals surface area contributed by atoms with E-state index in [4.69, 9.17) is 19.9 Å². The predicted octanol–water partition coefficient (Wildman–Crippen LogP) is 1.97. The van der Waals surface area contributed by atoms with Crippen molar-refractivity contribution in [3.63, 3.8) is 0 Å². The van der Waals surface area contributed by atoms with E-state index in [0.717, 1.165) is 10.4 Å². The van der Waals surface area contributed by atoms with Crippen LogP contribution >= 0.6 is 0 Å². The Hall–Kier alpha value is -2.82. The fraction of sp³-hybridized carbons (Fsp3) is 0.385. The molecular formula is C26H33N3O5Si. The van der Waals surface area contributed by atoms with E-state index in [-0.39, 0.29) is 11.6 Å². The summed E-state index contributed by atoms with van der Waals surface area (Å²) in [5.41, 5.74) is -0.508. The van der Waals surface area contributed by atoms with E-state index < -0.39 is 38.0 Å². The van der Waals surface area contributed by atoms with Crippen LogP contribution in [0.15, 0.2) is 76.4 Å². The highest BCUT2D eigenvalue weighted by Crippen LogP contribution is 2.41. The third kappa shape index (κ3) is 4.82. The molecule has 3 atom stereocenters. The molecule has 8 nitrogen and oxygen atoms in total. The van der Waals surface area contributed by atoms with Gasteiger partial charge in [-0.3, -0.25) is 14.3 Å². The van der Waals surface area contributed by atoms with Gasteiger partial charge in [0.25, 0.3) is 13.9 Å². The van der Waals surface area contributed by atoms with Gasteiger partial charge in [0.2, 0.25) is 0 Å². The second-order valence-electron chi connectivity index (χ2n) is 10.00. The van der Waals surface area contributed by atoms with Crippen molar-refractivity contribution in [3.8, 4) is 0 Å². The minimum absolute atomic E-state index is 0.108. The molecule has 1 aliphatic rings. The Balaban J connectivity index is 1.80. The molecular weight excluding hydrogens is 462 g/mol. The van der Waals surface area contributed by atoms with Crippen LogP contribution in [0.3, 0.4) is 0 Å². The molecule has 1 saturated heterocycles. The molecule has 0 saturated carbocycles. The van der Waals surface area contributed by atoms with E-state index >= 15 is 0 Å². The van der Waals surface area contributed by atoms with Crippen molar-refractivity contribution in [2.75, 3.05) is 6.61 Å². The molecule has 0 bridgehead atoms. The van der Waals surface area contributed by atoms with Crippen LogP contribution in [0.1, 0.15) is 39.0 Å². The van der Waals surface area contributed by atoms with E-state index in [1.165, 1.54) is 10.8 Å². The zero-order valence-electron chi connectivity index (χ0n) is 20.6. The molecule has 2 aromatic carbocycles. The molecule has 35 heavy (non-hydrogen) atoms. The average Bonchev–Trinajstić information content (AvgIpc) is 3.22. The van der Waals surface area contributed by atoms with Crippen LogP contribution in [-0.2, 0) is 14.0 Å². The molecule has 1 fully saturated rings. The smallest absolute Gasteiger partial charge is 0.330 e. The molecule has 1 aromatic heterocycles. The molecule has 0 amide bonds. The first kappa shape index (κ1) is 25.3. The summed E-state index contributed by atoms with van der Waals surface area (Å²) in [6.07, 6.45) is 0.419. The number of rotatable bonds is 7. The molecule has 3 N–H and O–H groups in total. The largest absolute Gasteiger partial charge is 0.402 e. The van der Waals surface area contributed by atoms with Gasteiger partial charge in [-0.1, -0.05) is 81.4 Å². The molecule has 0 aliphatic carbocycles. The van der Waals surface area contributed by atoms with E-state index in [1.807, 2.05) is 36.4 Å². The number of nitrogens with zero attached hydrogens (tertiary/aromatic N) is 1. The molecule has 1 aliphatic heterocycles. The Labute approximate surface area is 205 Å². The zero-order valence-corrected chi connectivity index (χ0v) is 21.6. The van der Waals surface area contributed by atoms with Gasteiger partial charge >= 0.3 is 5.69 Å². The monoisotopic (exact) mass is 495 g/mol. The number of nitrogens with one attached hydrogen (secondary N) is 1. The highest BCUT2D eigenvalue weighted by Gasteiger charge is 2.53. The summed E-state index contributed by atoms with van der Waals surface area (Å²) in [7, 11) is -2.87. The quantitative estimate of drug-likeness (QED) is 0.383. The number of benzene rings is 2. The molecule has 4 rings (SSSR count). The highest BCUT2D eigenvalue weighted by atomic mass is 28.4. The third-order valence-corrected chi connectivity index (χ3v) is 11.7. The lowest BCUT2D eigenvalue weighted by molar-refractivity contribution is -0.0618. The Kier molecular flexibility index (Phi) is 7.25. The molecule has 9 heteroatoms.